The smallest absolute Gasteiger partial charge is 0.257 e. The van der Waals surface area contributed by atoms with Gasteiger partial charge in [0.05, 0.1) is 16.8 Å². The molecule has 7 heteroatoms. The van der Waals surface area contributed by atoms with Crippen LogP contribution in [0.2, 0.25) is 0 Å². The Balaban J connectivity index is 1.60. The van der Waals surface area contributed by atoms with E-state index in [1.165, 1.54) is 16.9 Å². The molecular formula is C26H24N4O2S. The molecule has 2 N–H and O–H groups in total. The van der Waals surface area contributed by atoms with Gasteiger partial charge in [0, 0.05) is 40.4 Å². The highest BCUT2D eigenvalue weighted by atomic mass is 32.1. The number of pyridine rings is 1. The number of carbonyl (C=O) groups is 2. The summed E-state index contributed by atoms with van der Waals surface area (Å²) in [5.41, 5.74) is 3.84. The molecule has 1 aliphatic heterocycles. The number of rotatable bonds is 4. The van der Waals surface area contributed by atoms with Crippen molar-refractivity contribution < 1.29 is 9.59 Å². The topological polar surface area (TPSA) is 74.3 Å². The molecule has 0 fully saturated rings. The second-order valence-corrected chi connectivity index (χ2v) is 9.07. The number of aromatic nitrogens is 1. The van der Waals surface area contributed by atoms with Crippen LogP contribution in [0.4, 0.5) is 17.2 Å². The van der Waals surface area contributed by atoms with E-state index in [-0.39, 0.29) is 17.9 Å². The number of thiophene rings is 1. The predicted octanol–water partition coefficient (Wildman–Crippen LogP) is 5.38. The van der Waals surface area contributed by atoms with Crippen molar-refractivity contribution in [3.05, 3.63) is 82.9 Å². The maximum Gasteiger partial charge on any atom is 0.257 e. The molecule has 1 unspecified atom stereocenters. The quantitative estimate of drug-likeness (QED) is 0.432. The lowest BCUT2D eigenvalue weighted by Crippen LogP contribution is -2.34. The Morgan fingerprint density at radius 2 is 1.88 bits per heavy atom. The number of hydrogen-bond donors (Lipinski definition) is 2. The Morgan fingerprint density at radius 1 is 1.09 bits per heavy atom. The van der Waals surface area contributed by atoms with Gasteiger partial charge in [-0.1, -0.05) is 36.4 Å². The third-order valence-corrected chi connectivity index (χ3v) is 7.04. The third-order valence-electron chi connectivity index (χ3n) is 6.08. The van der Waals surface area contributed by atoms with Crippen LogP contribution in [-0.2, 0) is 6.42 Å². The summed E-state index contributed by atoms with van der Waals surface area (Å²) in [5, 5.41) is 8.47. The number of benzene rings is 2. The van der Waals surface area contributed by atoms with E-state index in [1.54, 1.807) is 19.3 Å². The van der Waals surface area contributed by atoms with Crippen LogP contribution in [0.3, 0.4) is 0 Å². The van der Waals surface area contributed by atoms with Crippen LogP contribution in [-0.4, -0.2) is 29.9 Å². The fourth-order valence-electron chi connectivity index (χ4n) is 4.36. The summed E-state index contributed by atoms with van der Waals surface area (Å²) in [6.45, 7) is 2.16. The van der Waals surface area contributed by atoms with E-state index in [4.69, 9.17) is 0 Å². The van der Waals surface area contributed by atoms with Gasteiger partial charge in [-0.15, -0.1) is 11.3 Å². The highest BCUT2D eigenvalue weighted by Gasteiger charge is 2.28. The standard InChI is InChI=1S/C26H24N4O2S/c1-16-11-12-17-7-3-5-9-22(17)30(16)24-21(13-18(14-28-24)25(31)27-2)29-26(32)20-15-33-23-10-6-4-8-19(20)23/h3-10,13-16H,11-12H2,1-2H3,(H,27,31)(H,29,32). The van der Waals surface area contributed by atoms with E-state index in [9.17, 15) is 9.59 Å². The summed E-state index contributed by atoms with van der Waals surface area (Å²) in [4.78, 5) is 32.5. The number of anilines is 3. The van der Waals surface area contributed by atoms with Crippen LogP contribution in [0.5, 0.6) is 0 Å². The Morgan fingerprint density at radius 3 is 2.73 bits per heavy atom. The van der Waals surface area contributed by atoms with Crippen LogP contribution in [0.1, 0.15) is 39.6 Å². The first-order chi connectivity index (χ1) is 16.1. The van der Waals surface area contributed by atoms with Gasteiger partial charge in [0.15, 0.2) is 5.82 Å². The van der Waals surface area contributed by atoms with Gasteiger partial charge in [0.2, 0.25) is 0 Å². The first-order valence-electron chi connectivity index (χ1n) is 10.9. The van der Waals surface area contributed by atoms with E-state index in [0.717, 1.165) is 28.6 Å². The van der Waals surface area contributed by atoms with Crippen molar-refractivity contribution in [2.75, 3.05) is 17.3 Å². The third kappa shape index (κ3) is 3.85. The Kier molecular flexibility index (Phi) is 5.56. The number of aryl methyl sites for hydroxylation is 1. The first kappa shape index (κ1) is 21.2. The van der Waals surface area contributed by atoms with Gasteiger partial charge in [-0.3, -0.25) is 9.59 Å². The summed E-state index contributed by atoms with van der Waals surface area (Å²) >= 11 is 1.54. The van der Waals surface area contributed by atoms with Crippen molar-refractivity contribution in [2.24, 2.45) is 0 Å². The monoisotopic (exact) mass is 456 g/mol. The number of carbonyl (C=O) groups excluding carboxylic acids is 2. The highest BCUT2D eigenvalue weighted by molar-refractivity contribution is 7.17. The molecule has 1 aliphatic rings. The molecule has 1 atom stereocenters. The fourth-order valence-corrected chi connectivity index (χ4v) is 5.31. The molecule has 0 saturated heterocycles. The molecule has 0 spiro atoms. The van der Waals surface area contributed by atoms with Gasteiger partial charge in [-0.2, -0.15) is 0 Å². The normalized spacial score (nSPS) is 15.2. The summed E-state index contributed by atoms with van der Waals surface area (Å²) in [5.74, 6) is 0.162. The van der Waals surface area contributed by atoms with Crippen LogP contribution in [0.25, 0.3) is 10.1 Å². The van der Waals surface area contributed by atoms with Crippen LogP contribution in [0.15, 0.2) is 66.2 Å². The molecule has 0 radical (unpaired) electrons. The number of amides is 2. The Bertz CT molecular complexity index is 1360. The largest absolute Gasteiger partial charge is 0.355 e. The van der Waals surface area contributed by atoms with Crippen molar-refractivity contribution >= 4 is 50.4 Å². The van der Waals surface area contributed by atoms with Gasteiger partial charge >= 0.3 is 0 Å². The number of nitrogens with zero attached hydrogens (tertiary/aromatic N) is 2. The van der Waals surface area contributed by atoms with E-state index in [2.05, 4.69) is 39.6 Å². The highest BCUT2D eigenvalue weighted by Crippen LogP contribution is 2.39. The number of nitrogens with one attached hydrogen (secondary N) is 2. The van der Waals surface area contributed by atoms with Crippen LogP contribution >= 0.6 is 11.3 Å². The SMILES string of the molecule is CNC(=O)c1cnc(N2c3ccccc3CCC2C)c(NC(=O)c2csc3ccccc23)c1. The van der Waals surface area contributed by atoms with Crippen molar-refractivity contribution in [1.29, 1.82) is 0 Å². The lowest BCUT2D eigenvalue weighted by atomic mass is 9.96. The molecule has 6 nitrogen and oxygen atoms in total. The van der Waals surface area contributed by atoms with Crippen molar-refractivity contribution in [1.82, 2.24) is 10.3 Å². The van der Waals surface area contributed by atoms with Crippen LogP contribution < -0.4 is 15.5 Å². The van der Waals surface area contributed by atoms with Crippen molar-refractivity contribution in [3.8, 4) is 0 Å². The number of para-hydroxylation sites is 1. The molecule has 2 aromatic heterocycles. The lowest BCUT2D eigenvalue weighted by molar-refractivity contribution is 0.0961. The van der Waals surface area contributed by atoms with Crippen molar-refractivity contribution in [3.63, 3.8) is 0 Å². The molecule has 5 rings (SSSR count). The number of fused-ring (bicyclic) bond motifs is 2. The van der Waals surface area contributed by atoms with Gasteiger partial charge in [0.1, 0.15) is 0 Å². The van der Waals surface area contributed by atoms with E-state index in [1.807, 2.05) is 41.8 Å². The summed E-state index contributed by atoms with van der Waals surface area (Å²) in [6, 6.07) is 18.0. The molecule has 4 aromatic rings. The Hall–Kier alpha value is -3.71. The lowest BCUT2D eigenvalue weighted by Gasteiger charge is -2.37. The summed E-state index contributed by atoms with van der Waals surface area (Å²) < 4.78 is 1.05. The molecule has 2 amide bonds. The molecule has 2 aromatic carbocycles. The number of hydrogen-bond acceptors (Lipinski definition) is 5. The van der Waals surface area contributed by atoms with E-state index >= 15 is 0 Å². The molecule has 166 valence electrons. The molecule has 0 saturated carbocycles. The van der Waals surface area contributed by atoms with Gasteiger partial charge in [-0.25, -0.2) is 4.98 Å². The average molecular weight is 457 g/mol. The molecule has 33 heavy (non-hydrogen) atoms. The van der Waals surface area contributed by atoms with Crippen LogP contribution in [0, 0.1) is 0 Å². The fraction of sp³-hybridized carbons (Fsp3) is 0.192. The van der Waals surface area contributed by atoms with Gasteiger partial charge in [0.25, 0.3) is 11.8 Å². The average Bonchev–Trinajstić information content (AvgIpc) is 3.28. The maximum atomic E-state index is 13.4. The minimum atomic E-state index is -0.252. The second kappa shape index (κ2) is 8.67. The van der Waals surface area contributed by atoms with E-state index < -0.39 is 0 Å². The zero-order valence-electron chi connectivity index (χ0n) is 18.5. The zero-order valence-corrected chi connectivity index (χ0v) is 19.3. The molecular weight excluding hydrogens is 432 g/mol. The molecule has 0 aliphatic carbocycles. The summed E-state index contributed by atoms with van der Waals surface area (Å²) in [6.07, 6.45) is 3.53. The maximum absolute atomic E-state index is 13.4. The van der Waals surface area contributed by atoms with Gasteiger partial charge < -0.3 is 15.5 Å². The first-order valence-corrected chi connectivity index (χ1v) is 11.8. The molecule has 0 bridgehead atoms. The molecule has 3 heterocycles. The van der Waals surface area contributed by atoms with E-state index in [0.29, 0.717) is 22.6 Å². The predicted molar refractivity (Wildman–Crippen MR) is 134 cm³/mol. The second-order valence-electron chi connectivity index (χ2n) is 8.16. The Labute approximate surface area is 196 Å². The van der Waals surface area contributed by atoms with Crippen molar-refractivity contribution in [2.45, 2.75) is 25.8 Å². The van der Waals surface area contributed by atoms with Gasteiger partial charge in [-0.05, 0) is 43.5 Å². The summed E-state index contributed by atoms with van der Waals surface area (Å²) in [7, 11) is 1.58. The minimum Gasteiger partial charge on any atom is -0.355 e. The minimum absolute atomic E-state index is 0.191. The zero-order chi connectivity index (χ0) is 22.9.